The molecule has 0 amide bonds. The van der Waals surface area contributed by atoms with Crippen LogP contribution in [0.4, 0.5) is 13.2 Å². The first kappa shape index (κ1) is 12.9. The van der Waals surface area contributed by atoms with E-state index < -0.39 is 17.5 Å². The number of halogens is 4. The van der Waals surface area contributed by atoms with E-state index in [1.54, 1.807) is 0 Å². The molecule has 0 N–H and O–H groups in total. The van der Waals surface area contributed by atoms with Gasteiger partial charge < -0.3 is 0 Å². The van der Waals surface area contributed by atoms with Crippen molar-refractivity contribution in [2.75, 3.05) is 0 Å². The van der Waals surface area contributed by atoms with Crippen molar-refractivity contribution in [3.05, 3.63) is 33.3 Å². The molecule has 0 saturated heterocycles. The Morgan fingerprint density at radius 1 is 1.38 bits per heavy atom. The molecule has 6 heteroatoms. The third-order valence-corrected chi connectivity index (χ3v) is 2.82. The Labute approximate surface area is 97.6 Å². The van der Waals surface area contributed by atoms with Crippen LogP contribution in [-0.4, -0.2) is 12.1 Å². The van der Waals surface area contributed by atoms with E-state index in [9.17, 15) is 22.8 Å². The number of ketones is 1. The second-order valence-corrected chi connectivity index (χ2v) is 3.89. The second kappa shape index (κ2) is 4.37. The van der Waals surface area contributed by atoms with Crippen LogP contribution in [0, 0.1) is 0 Å². The summed E-state index contributed by atoms with van der Waals surface area (Å²) < 4.78 is 37.3. The Hall–Kier alpha value is -1.17. The van der Waals surface area contributed by atoms with Crippen molar-refractivity contribution in [2.24, 2.45) is 0 Å². The van der Waals surface area contributed by atoms with E-state index in [0.29, 0.717) is 0 Å². The highest BCUT2D eigenvalue weighted by atomic mass is 79.9. The molecule has 1 rings (SSSR count). The maximum Gasteiger partial charge on any atom is 0.417 e. The van der Waals surface area contributed by atoms with Crippen LogP contribution in [0.2, 0.25) is 0 Å². The van der Waals surface area contributed by atoms with Gasteiger partial charge in [0.2, 0.25) is 0 Å². The van der Waals surface area contributed by atoms with Gasteiger partial charge in [0.05, 0.1) is 5.56 Å². The predicted molar refractivity (Wildman–Crippen MR) is 54.5 cm³/mol. The Kier molecular flexibility index (Phi) is 3.52. The molecular weight excluding hydrogens is 289 g/mol. The first-order valence-corrected chi connectivity index (χ1v) is 4.93. The number of benzene rings is 1. The summed E-state index contributed by atoms with van der Waals surface area (Å²) in [5.41, 5.74) is -1.36. The number of carbonyl (C=O) groups excluding carboxylic acids is 2. The molecule has 2 nitrogen and oxygen atoms in total. The molecule has 0 aliphatic rings. The first-order chi connectivity index (χ1) is 7.27. The average Bonchev–Trinajstić information content (AvgIpc) is 2.15. The van der Waals surface area contributed by atoms with Gasteiger partial charge in [-0.25, -0.2) is 0 Å². The van der Waals surface area contributed by atoms with E-state index in [1.807, 2.05) is 0 Å². The second-order valence-electron chi connectivity index (χ2n) is 3.10. The zero-order valence-corrected chi connectivity index (χ0v) is 9.65. The van der Waals surface area contributed by atoms with E-state index in [0.717, 1.165) is 19.1 Å². The molecule has 0 bridgehead atoms. The zero-order valence-electron chi connectivity index (χ0n) is 8.06. The maximum absolute atomic E-state index is 12.6. The average molecular weight is 295 g/mol. The summed E-state index contributed by atoms with van der Waals surface area (Å²) in [5, 5.41) is 0. The van der Waals surface area contributed by atoms with Crippen LogP contribution in [0.3, 0.4) is 0 Å². The van der Waals surface area contributed by atoms with Crippen LogP contribution in [-0.2, 0) is 6.18 Å². The zero-order chi connectivity index (χ0) is 12.5. The molecule has 0 aliphatic heterocycles. The fourth-order valence-corrected chi connectivity index (χ4v) is 1.69. The predicted octanol–water partition coefficient (Wildman–Crippen LogP) is 3.48. The van der Waals surface area contributed by atoms with Crippen molar-refractivity contribution in [3.8, 4) is 0 Å². The van der Waals surface area contributed by atoms with Crippen LogP contribution in [0.1, 0.15) is 33.2 Å². The summed E-state index contributed by atoms with van der Waals surface area (Å²) in [6, 6.07) is 1.84. The number of carbonyl (C=O) groups is 2. The fourth-order valence-electron chi connectivity index (χ4n) is 1.14. The molecule has 0 fully saturated rings. The molecule has 0 atom stereocenters. The van der Waals surface area contributed by atoms with Crippen LogP contribution < -0.4 is 0 Å². The van der Waals surface area contributed by atoms with E-state index in [4.69, 9.17) is 0 Å². The minimum Gasteiger partial charge on any atom is -0.298 e. The Morgan fingerprint density at radius 2 is 1.94 bits per heavy atom. The van der Waals surface area contributed by atoms with Crippen molar-refractivity contribution in [1.29, 1.82) is 0 Å². The Balaban J connectivity index is 3.54. The minimum atomic E-state index is -4.61. The van der Waals surface area contributed by atoms with Crippen LogP contribution >= 0.6 is 15.9 Å². The van der Waals surface area contributed by atoms with E-state index in [-0.39, 0.29) is 21.9 Å². The molecule has 16 heavy (non-hydrogen) atoms. The van der Waals surface area contributed by atoms with Gasteiger partial charge in [0.1, 0.15) is 0 Å². The van der Waals surface area contributed by atoms with Crippen molar-refractivity contribution >= 4 is 28.0 Å². The van der Waals surface area contributed by atoms with E-state index >= 15 is 0 Å². The SMILES string of the molecule is CC(=O)c1cc(C=O)c(Br)c(C(F)(F)F)c1. The largest absolute Gasteiger partial charge is 0.417 e. The summed E-state index contributed by atoms with van der Waals surface area (Å²) in [4.78, 5) is 21.6. The van der Waals surface area contributed by atoms with Gasteiger partial charge in [-0.15, -0.1) is 0 Å². The number of Topliss-reactive ketones (excluding diaryl/α,β-unsaturated/α-hetero) is 1. The molecule has 0 unspecified atom stereocenters. The lowest BCUT2D eigenvalue weighted by atomic mass is 10.0. The highest BCUT2D eigenvalue weighted by Gasteiger charge is 2.34. The fraction of sp³-hybridized carbons (Fsp3) is 0.200. The molecule has 86 valence electrons. The number of alkyl halides is 3. The summed E-state index contributed by atoms with van der Waals surface area (Å²) in [7, 11) is 0. The quantitative estimate of drug-likeness (QED) is 0.618. The normalized spacial score (nSPS) is 11.3. The number of hydrogen-bond acceptors (Lipinski definition) is 2. The lowest BCUT2D eigenvalue weighted by Gasteiger charge is -2.11. The van der Waals surface area contributed by atoms with Crippen molar-refractivity contribution < 1.29 is 22.8 Å². The molecule has 0 spiro atoms. The van der Waals surface area contributed by atoms with Crippen LogP contribution in [0.5, 0.6) is 0 Å². The molecule has 1 aromatic rings. The summed E-state index contributed by atoms with van der Waals surface area (Å²) >= 11 is 2.70. The monoisotopic (exact) mass is 294 g/mol. The lowest BCUT2D eigenvalue weighted by molar-refractivity contribution is -0.138. The van der Waals surface area contributed by atoms with Gasteiger partial charge in [0.25, 0.3) is 0 Å². The van der Waals surface area contributed by atoms with Crippen molar-refractivity contribution in [2.45, 2.75) is 13.1 Å². The first-order valence-electron chi connectivity index (χ1n) is 4.14. The van der Waals surface area contributed by atoms with Crippen LogP contribution in [0.15, 0.2) is 16.6 Å². The van der Waals surface area contributed by atoms with Gasteiger partial charge >= 0.3 is 6.18 Å². The third-order valence-electron chi connectivity index (χ3n) is 1.94. The molecule has 0 heterocycles. The van der Waals surface area contributed by atoms with E-state index in [1.165, 1.54) is 0 Å². The molecule has 0 radical (unpaired) electrons. The standard InChI is InChI=1S/C10H6BrF3O2/c1-5(16)6-2-7(4-15)9(11)8(3-6)10(12,13)14/h2-4H,1H3. The maximum atomic E-state index is 12.6. The van der Waals surface area contributed by atoms with Crippen molar-refractivity contribution in [1.82, 2.24) is 0 Å². The molecule has 0 saturated carbocycles. The van der Waals surface area contributed by atoms with Crippen molar-refractivity contribution in [3.63, 3.8) is 0 Å². The summed E-state index contributed by atoms with van der Waals surface area (Å²) in [6.45, 7) is 1.14. The minimum absolute atomic E-state index is 0.141. The van der Waals surface area contributed by atoms with Gasteiger partial charge in [-0.05, 0) is 35.0 Å². The molecule has 0 aliphatic carbocycles. The van der Waals surface area contributed by atoms with Gasteiger partial charge in [0.15, 0.2) is 12.1 Å². The number of hydrogen-bond donors (Lipinski definition) is 0. The highest BCUT2D eigenvalue weighted by Crippen LogP contribution is 2.37. The molecule has 0 aromatic heterocycles. The van der Waals surface area contributed by atoms with Gasteiger partial charge in [-0.1, -0.05) is 0 Å². The summed E-state index contributed by atoms with van der Waals surface area (Å²) in [6.07, 6.45) is -4.34. The van der Waals surface area contributed by atoms with Gasteiger partial charge in [0, 0.05) is 15.6 Å². The topological polar surface area (TPSA) is 34.1 Å². The number of aldehydes is 1. The van der Waals surface area contributed by atoms with Gasteiger partial charge in [-0.3, -0.25) is 9.59 Å². The Morgan fingerprint density at radius 3 is 2.31 bits per heavy atom. The number of rotatable bonds is 2. The highest BCUT2D eigenvalue weighted by molar-refractivity contribution is 9.10. The van der Waals surface area contributed by atoms with Crippen LogP contribution in [0.25, 0.3) is 0 Å². The smallest absolute Gasteiger partial charge is 0.298 e. The lowest BCUT2D eigenvalue weighted by Crippen LogP contribution is -2.09. The third kappa shape index (κ3) is 2.49. The molecule has 1 aromatic carbocycles. The molecular formula is C10H6BrF3O2. The van der Waals surface area contributed by atoms with E-state index in [2.05, 4.69) is 15.9 Å². The van der Waals surface area contributed by atoms with Gasteiger partial charge in [-0.2, -0.15) is 13.2 Å². The Bertz CT molecular complexity index is 452. The summed E-state index contributed by atoms with van der Waals surface area (Å²) in [5.74, 6) is -0.527.